The van der Waals surface area contributed by atoms with Crippen LogP contribution in [0.2, 0.25) is 0 Å². The molecule has 0 radical (unpaired) electrons. The summed E-state index contributed by atoms with van der Waals surface area (Å²) in [5, 5.41) is 0. The summed E-state index contributed by atoms with van der Waals surface area (Å²) in [6.45, 7) is 4.21. The molecular weight excluding hydrogens is 228 g/mol. The molecule has 1 N–H and O–H groups in total. The van der Waals surface area contributed by atoms with E-state index in [0.717, 1.165) is 23.1 Å². The summed E-state index contributed by atoms with van der Waals surface area (Å²) in [5.74, 6) is -0.297. The summed E-state index contributed by atoms with van der Waals surface area (Å²) in [4.78, 5) is 18.8. The molecule has 0 saturated heterocycles. The lowest BCUT2D eigenvalue weighted by molar-refractivity contribution is 0.0519. The Bertz CT molecular complexity index is 532. The van der Waals surface area contributed by atoms with Crippen LogP contribution in [0.5, 0.6) is 0 Å². The van der Waals surface area contributed by atoms with Crippen LogP contribution in [0.3, 0.4) is 0 Å². The predicted molar refractivity (Wildman–Crippen MR) is 69.4 cm³/mol. The maximum Gasteiger partial charge on any atom is 0.355 e. The maximum atomic E-state index is 11.8. The molecule has 0 aliphatic rings. The standard InChI is InChI=1S/C14H16N2O2/c1-3-11-12(10-5-7-15-8-6-10)9-16-13(11)14(17)18-4-2/h5-9,16H,3-4H2,1-2H3. The van der Waals surface area contributed by atoms with Gasteiger partial charge in [0.05, 0.1) is 6.61 Å². The van der Waals surface area contributed by atoms with Crippen molar-refractivity contribution in [1.82, 2.24) is 9.97 Å². The van der Waals surface area contributed by atoms with E-state index in [9.17, 15) is 4.79 Å². The number of esters is 1. The number of H-pyrrole nitrogens is 1. The highest BCUT2D eigenvalue weighted by Crippen LogP contribution is 2.26. The molecule has 0 atom stereocenters. The molecule has 2 aromatic heterocycles. The lowest BCUT2D eigenvalue weighted by Crippen LogP contribution is -2.07. The highest BCUT2D eigenvalue weighted by molar-refractivity contribution is 5.92. The van der Waals surface area contributed by atoms with Crippen molar-refractivity contribution in [2.24, 2.45) is 0 Å². The number of rotatable bonds is 4. The van der Waals surface area contributed by atoms with Gasteiger partial charge < -0.3 is 9.72 Å². The van der Waals surface area contributed by atoms with Crippen molar-refractivity contribution in [3.8, 4) is 11.1 Å². The SMILES string of the molecule is CCOC(=O)c1[nH]cc(-c2ccncc2)c1CC. The van der Waals surface area contributed by atoms with Crippen molar-refractivity contribution in [3.63, 3.8) is 0 Å². The van der Waals surface area contributed by atoms with Crippen LogP contribution in [-0.2, 0) is 11.2 Å². The van der Waals surface area contributed by atoms with Gasteiger partial charge in [0.15, 0.2) is 0 Å². The van der Waals surface area contributed by atoms with Gasteiger partial charge in [0.1, 0.15) is 5.69 Å². The Hall–Kier alpha value is -2.10. The third-order valence-electron chi connectivity index (χ3n) is 2.81. The highest BCUT2D eigenvalue weighted by atomic mass is 16.5. The fraction of sp³-hybridized carbons (Fsp3) is 0.286. The van der Waals surface area contributed by atoms with Gasteiger partial charge in [-0.1, -0.05) is 6.92 Å². The average molecular weight is 244 g/mol. The summed E-state index contributed by atoms with van der Waals surface area (Å²) >= 11 is 0. The van der Waals surface area contributed by atoms with E-state index >= 15 is 0 Å². The molecule has 2 heterocycles. The molecule has 4 heteroatoms. The molecule has 0 saturated carbocycles. The van der Waals surface area contributed by atoms with Crippen molar-refractivity contribution in [2.45, 2.75) is 20.3 Å². The van der Waals surface area contributed by atoms with E-state index in [4.69, 9.17) is 4.74 Å². The van der Waals surface area contributed by atoms with Crippen molar-refractivity contribution in [3.05, 3.63) is 42.0 Å². The van der Waals surface area contributed by atoms with Gasteiger partial charge in [-0.3, -0.25) is 4.98 Å². The number of nitrogens with one attached hydrogen (secondary N) is 1. The Kier molecular flexibility index (Phi) is 3.77. The van der Waals surface area contributed by atoms with Gasteiger partial charge in [0.2, 0.25) is 0 Å². The van der Waals surface area contributed by atoms with Crippen LogP contribution in [0.25, 0.3) is 11.1 Å². The Labute approximate surface area is 106 Å². The second-order valence-corrected chi connectivity index (χ2v) is 3.87. The van der Waals surface area contributed by atoms with E-state index in [1.54, 1.807) is 19.3 Å². The molecule has 0 fully saturated rings. The quantitative estimate of drug-likeness (QED) is 0.841. The largest absolute Gasteiger partial charge is 0.461 e. The molecule has 18 heavy (non-hydrogen) atoms. The Balaban J connectivity index is 2.42. The minimum absolute atomic E-state index is 0.297. The smallest absolute Gasteiger partial charge is 0.355 e. The minimum Gasteiger partial charge on any atom is -0.461 e. The van der Waals surface area contributed by atoms with Gasteiger partial charge in [0, 0.05) is 24.2 Å². The molecule has 0 spiro atoms. The summed E-state index contributed by atoms with van der Waals surface area (Å²) < 4.78 is 5.04. The van der Waals surface area contributed by atoms with Crippen LogP contribution >= 0.6 is 0 Å². The lowest BCUT2D eigenvalue weighted by Gasteiger charge is -2.04. The topological polar surface area (TPSA) is 55.0 Å². The number of hydrogen-bond acceptors (Lipinski definition) is 3. The van der Waals surface area contributed by atoms with Crippen LogP contribution in [0, 0.1) is 0 Å². The third kappa shape index (κ3) is 2.27. The molecule has 0 aliphatic carbocycles. The van der Waals surface area contributed by atoms with Crippen LogP contribution in [0.1, 0.15) is 29.9 Å². The van der Waals surface area contributed by atoms with Crippen molar-refractivity contribution >= 4 is 5.97 Å². The number of carbonyl (C=O) groups excluding carboxylic acids is 1. The molecular formula is C14H16N2O2. The first-order valence-corrected chi connectivity index (χ1v) is 6.05. The normalized spacial score (nSPS) is 10.3. The summed E-state index contributed by atoms with van der Waals surface area (Å²) in [5.41, 5.74) is 3.61. The van der Waals surface area contributed by atoms with Gasteiger partial charge in [-0.25, -0.2) is 4.79 Å². The van der Waals surface area contributed by atoms with E-state index in [0.29, 0.717) is 12.3 Å². The zero-order valence-electron chi connectivity index (χ0n) is 10.6. The highest BCUT2D eigenvalue weighted by Gasteiger charge is 2.17. The minimum atomic E-state index is -0.297. The van der Waals surface area contributed by atoms with E-state index in [1.807, 2.05) is 25.3 Å². The predicted octanol–water partition coefficient (Wildman–Crippen LogP) is 2.82. The van der Waals surface area contributed by atoms with E-state index < -0.39 is 0 Å². The number of hydrogen-bond donors (Lipinski definition) is 1. The van der Waals surface area contributed by atoms with E-state index in [-0.39, 0.29) is 5.97 Å². The number of nitrogens with zero attached hydrogens (tertiary/aromatic N) is 1. The number of aromatic amines is 1. The second kappa shape index (κ2) is 5.49. The second-order valence-electron chi connectivity index (χ2n) is 3.87. The van der Waals surface area contributed by atoms with Crippen LogP contribution < -0.4 is 0 Å². The molecule has 0 aliphatic heterocycles. The van der Waals surface area contributed by atoms with E-state index in [1.165, 1.54) is 0 Å². The van der Waals surface area contributed by atoms with Gasteiger partial charge in [0.25, 0.3) is 0 Å². The van der Waals surface area contributed by atoms with Gasteiger partial charge >= 0.3 is 5.97 Å². The van der Waals surface area contributed by atoms with E-state index in [2.05, 4.69) is 9.97 Å². The van der Waals surface area contributed by atoms with Crippen LogP contribution in [0.4, 0.5) is 0 Å². The van der Waals surface area contributed by atoms with Crippen molar-refractivity contribution in [1.29, 1.82) is 0 Å². The third-order valence-corrected chi connectivity index (χ3v) is 2.81. The Morgan fingerprint density at radius 3 is 2.67 bits per heavy atom. The first-order chi connectivity index (χ1) is 8.77. The Morgan fingerprint density at radius 2 is 2.06 bits per heavy atom. The maximum absolute atomic E-state index is 11.8. The molecule has 0 unspecified atom stereocenters. The van der Waals surface area contributed by atoms with Crippen LogP contribution in [-0.4, -0.2) is 22.5 Å². The summed E-state index contributed by atoms with van der Waals surface area (Å²) in [6, 6.07) is 3.86. The number of pyridine rings is 1. The fourth-order valence-corrected chi connectivity index (χ4v) is 1.99. The fourth-order valence-electron chi connectivity index (χ4n) is 1.99. The Morgan fingerprint density at radius 1 is 1.33 bits per heavy atom. The zero-order chi connectivity index (χ0) is 13.0. The first-order valence-electron chi connectivity index (χ1n) is 6.05. The lowest BCUT2D eigenvalue weighted by atomic mass is 10.0. The molecule has 0 aromatic carbocycles. The average Bonchev–Trinajstić information content (AvgIpc) is 2.83. The molecule has 2 rings (SSSR count). The van der Waals surface area contributed by atoms with Gasteiger partial charge in [-0.05, 0) is 36.6 Å². The van der Waals surface area contributed by atoms with Crippen molar-refractivity contribution < 1.29 is 9.53 Å². The number of carbonyl (C=O) groups is 1. The zero-order valence-corrected chi connectivity index (χ0v) is 10.6. The summed E-state index contributed by atoms with van der Waals surface area (Å²) in [6.07, 6.45) is 6.10. The molecule has 0 amide bonds. The number of aromatic nitrogens is 2. The molecule has 94 valence electrons. The van der Waals surface area contributed by atoms with Crippen LogP contribution in [0.15, 0.2) is 30.7 Å². The summed E-state index contributed by atoms with van der Waals surface area (Å²) in [7, 11) is 0. The van der Waals surface area contributed by atoms with Gasteiger partial charge in [-0.15, -0.1) is 0 Å². The first kappa shape index (κ1) is 12.4. The number of ether oxygens (including phenoxy) is 1. The van der Waals surface area contributed by atoms with Gasteiger partial charge in [-0.2, -0.15) is 0 Å². The molecule has 2 aromatic rings. The molecule has 0 bridgehead atoms. The van der Waals surface area contributed by atoms with Crippen molar-refractivity contribution in [2.75, 3.05) is 6.61 Å². The monoisotopic (exact) mass is 244 g/mol. The molecule has 4 nitrogen and oxygen atoms in total.